The highest BCUT2D eigenvalue weighted by molar-refractivity contribution is 5.81. The number of carbonyl (C=O) groups excluding carboxylic acids is 1. The number of carbonyl (C=O) groups is 1. The maximum absolute atomic E-state index is 11.6. The zero-order chi connectivity index (χ0) is 13.0. The first-order valence-corrected chi connectivity index (χ1v) is 5.75. The fraction of sp³-hybridized carbons (Fsp3) is 0.214. The van der Waals surface area contributed by atoms with E-state index >= 15 is 0 Å². The third-order valence-corrected chi connectivity index (χ3v) is 2.81. The number of hydrogen-bond acceptors (Lipinski definition) is 3. The molecule has 0 spiro atoms. The monoisotopic (exact) mass is 244 g/mol. The molecule has 4 heteroatoms. The number of likely N-dealkylation sites (N-methyl/N-ethyl adjacent to an activating group) is 1. The Labute approximate surface area is 106 Å². The number of primary amides is 1. The Kier molecular flexibility index (Phi) is 3.79. The highest BCUT2D eigenvalue weighted by Crippen LogP contribution is 2.20. The summed E-state index contributed by atoms with van der Waals surface area (Å²) in [6.07, 6.45) is 1.62. The predicted octanol–water partition coefficient (Wildman–Crippen LogP) is 1.94. The van der Waals surface area contributed by atoms with E-state index in [1.165, 1.54) is 0 Å². The Hall–Kier alpha value is -2.07. The van der Waals surface area contributed by atoms with Crippen LogP contribution in [0.1, 0.15) is 17.4 Å². The van der Waals surface area contributed by atoms with Crippen LogP contribution in [0.25, 0.3) is 0 Å². The quantitative estimate of drug-likeness (QED) is 0.874. The summed E-state index contributed by atoms with van der Waals surface area (Å²) >= 11 is 0. The van der Waals surface area contributed by atoms with Crippen molar-refractivity contribution in [3.63, 3.8) is 0 Å². The number of amides is 1. The van der Waals surface area contributed by atoms with E-state index in [1.54, 1.807) is 6.26 Å². The molecule has 1 aromatic heterocycles. The van der Waals surface area contributed by atoms with Crippen LogP contribution in [0.5, 0.6) is 0 Å². The molecular weight excluding hydrogens is 228 g/mol. The van der Waals surface area contributed by atoms with Crippen LogP contribution >= 0.6 is 0 Å². The van der Waals surface area contributed by atoms with Crippen LogP contribution in [-0.4, -0.2) is 17.9 Å². The Morgan fingerprint density at radius 2 is 2.00 bits per heavy atom. The smallest absolute Gasteiger partial charge is 0.239 e. The first kappa shape index (κ1) is 12.4. The van der Waals surface area contributed by atoms with Gasteiger partial charge in [0.1, 0.15) is 11.8 Å². The number of furan rings is 1. The van der Waals surface area contributed by atoms with Crippen LogP contribution < -0.4 is 5.73 Å². The number of hydrogen-bond donors (Lipinski definition) is 1. The van der Waals surface area contributed by atoms with Crippen molar-refractivity contribution < 1.29 is 9.21 Å². The molecule has 1 atom stereocenters. The summed E-state index contributed by atoms with van der Waals surface area (Å²) in [7, 11) is 1.85. The highest BCUT2D eigenvalue weighted by atomic mass is 16.3. The minimum atomic E-state index is -0.448. The van der Waals surface area contributed by atoms with E-state index in [-0.39, 0.29) is 5.91 Å². The van der Waals surface area contributed by atoms with Gasteiger partial charge in [0, 0.05) is 0 Å². The molecule has 1 unspecified atom stereocenters. The maximum Gasteiger partial charge on any atom is 0.239 e. The molecule has 1 aromatic carbocycles. The molecule has 2 aromatic rings. The molecule has 0 saturated heterocycles. The van der Waals surface area contributed by atoms with Crippen molar-refractivity contribution in [1.82, 2.24) is 4.90 Å². The van der Waals surface area contributed by atoms with Crippen LogP contribution in [-0.2, 0) is 11.3 Å². The van der Waals surface area contributed by atoms with Gasteiger partial charge in [-0.05, 0) is 24.7 Å². The lowest BCUT2D eigenvalue weighted by Gasteiger charge is -2.24. The van der Waals surface area contributed by atoms with Gasteiger partial charge in [-0.2, -0.15) is 0 Å². The molecule has 2 N–H and O–H groups in total. The summed E-state index contributed by atoms with van der Waals surface area (Å²) in [5.41, 5.74) is 6.38. The second-order valence-electron chi connectivity index (χ2n) is 4.21. The van der Waals surface area contributed by atoms with Crippen LogP contribution in [0.3, 0.4) is 0 Å². The van der Waals surface area contributed by atoms with Gasteiger partial charge in [-0.15, -0.1) is 0 Å². The van der Waals surface area contributed by atoms with Crippen molar-refractivity contribution >= 4 is 5.91 Å². The third kappa shape index (κ3) is 2.78. The van der Waals surface area contributed by atoms with Crippen molar-refractivity contribution in [2.24, 2.45) is 5.73 Å². The van der Waals surface area contributed by atoms with Crippen LogP contribution in [0.2, 0.25) is 0 Å². The molecular formula is C14H16N2O2. The SMILES string of the molecule is CN(Cc1ccco1)C(C(N)=O)c1ccccc1. The van der Waals surface area contributed by atoms with Crippen LogP contribution in [0.15, 0.2) is 53.1 Å². The molecule has 0 fully saturated rings. The van der Waals surface area contributed by atoms with Crippen molar-refractivity contribution in [2.75, 3.05) is 7.05 Å². The largest absolute Gasteiger partial charge is 0.468 e. The lowest BCUT2D eigenvalue weighted by molar-refractivity contribution is -0.123. The number of nitrogens with zero attached hydrogens (tertiary/aromatic N) is 1. The lowest BCUT2D eigenvalue weighted by Crippen LogP contribution is -2.34. The Bertz CT molecular complexity index is 494. The fourth-order valence-corrected chi connectivity index (χ4v) is 2.01. The van der Waals surface area contributed by atoms with Gasteiger partial charge in [0.15, 0.2) is 0 Å². The van der Waals surface area contributed by atoms with Crippen LogP contribution in [0.4, 0.5) is 0 Å². The topological polar surface area (TPSA) is 59.5 Å². The van der Waals surface area contributed by atoms with Gasteiger partial charge in [0.2, 0.25) is 5.91 Å². The first-order chi connectivity index (χ1) is 8.68. The molecule has 0 aliphatic heterocycles. The normalized spacial score (nSPS) is 12.6. The molecule has 1 heterocycles. The van der Waals surface area contributed by atoms with E-state index in [0.717, 1.165) is 11.3 Å². The summed E-state index contributed by atoms with van der Waals surface area (Å²) in [4.78, 5) is 13.5. The Balaban J connectivity index is 2.18. The minimum absolute atomic E-state index is 0.366. The summed E-state index contributed by atoms with van der Waals surface area (Å²) in [5, 5.41) is 0. The average Bonchev–Trinajstić information content (AvgIpc) is 2.83. The average molecular weight is 244 g/mol. The van der Waals surface area contributed by atoms with Crippen molar-refractivity contribution in [3.8, 4) is 0 Å². The zero-order valence-corrected chi connectivity index (χ0v) is 10.2. The summed E-state index contributed by atoms with van der Waals surface area (Å²) < 4.78 is 5.28. The van der Waals surface area contributed by atoms with Crippen molar-refractivity contribution in [1.29, 1.82) is 0 Å². The molecule has 0 radical (unpaired) electrons. The number of rotatable bonds is 5. The summed E-state index contributed by atoms with van der Waals surface area (Å²) in [6.45, 7) is 0.537. The number of benzene rings is 1. The predicted molar refractivity (Wildman–Crippen MR) is 68.6 cm³/mol. The van der Waals surface area contributed by atoms with Gasteiger partial charge < -0.3 is 10.2 Å². The number of nitrogens with two attached hydrogens (primary N) is 1. The molecule has 1 amide bonds. The van der Waals surface area contributed by atoms with E-state index in [2.05, 4.69) is 0 Å². The molecule has 0 saturated carbocycles. The van der Waals surface area contributed by atoms with E-state index in [0.29, 0.717) is 6.54 Å². The van der Waals surface area contributed by atoms with E-state index in [9.17, 15) is 4.79 Å². The van der Waals surface area contributed by atoms with Crippen molar-refractivity contribution in [3.05, 3.63) is 60.1 Å². The third-order valence-electron chi connectivity index (χ3n) is 2.81. The Morgan fingerprint density at radius 1 is 1.28 bits per heavy atom. The summed E-state index contributed by atoms with van der Waals surface area (Å²) in [5.74, 6) is 0.440. The van der Waals surface area contributed by atoms with E-state index < -0.39 is 6.04 Å². The fourth-order valence-electron chi connectivity index (χ4n) is 2.01. The van der Waals surface area contributed by atoms with Gasteiger partial charge >= 0.3 is 0 Å². The first-order valence-electron chi connectivity index (χ1n) is 5.75. The molecule has 94 valence electrons. The van der Waals surface area contributed by atoms with Gasteiger partial charge in [-0.1, -0.05) is 30.3 Å². The Morgan fingerprint density at radius 3 is 2.56 bits per heavy atom. The second kappa shape index (κ2) is 5.51. The van der Waals surface area contributed by atoms with Gasteiger partial charge in [0.25, 0.3) is 0 Å². The highest BCUT2D eigenvalue weighted by Gasteiger charge is 2.23. The lowest BCUT2D eigenvalue weighted by atomic mass is 10.1. The van der Waals surface area contributed by atoms with E-state index in [1.807, 2.05) is 54.4 Å². The minimum Gasteiger partial charge on any atom is -0.468 e. The molecule has 0 aliphatic carbocycles. The molecule has 0 aliphatic rings. The molecule has 4 nitrogen and oxygen atoms in total. The second-order valence-corrected chi connectivity index (χ2v) is 4.21. The molecule has 0 bridgehead atoms. The van der Waals surface area contributed by atoms with Crippen molar-refractivity contribution in [2.45, 2.75) is 12.6 Å². The zero-order valence-electron chi connectivity index (χ0n) is 10.2. The standard InChI is InChI=1S/C14H16N2O2/c1-16(10-12-8-5-9-18-12)13(14(15)17)11-6-3-2-4-7-11/h2-9,13H,10H2,1H3,(H2,15,17). The maximum atomic E-state index is 11.6. The van der Waals surface area contributed by atoms with Gasteiger partial charge in [-0.3, -0.25) is 9.69 Å². The van der Waals surface area contributed by atoms with E-state index in [4.69, 9.17) is 10.2 Å². The molecule has 18 heavy (non-hydrogen) atoms. The van der Waals surface area contributed by atoms with Crippen LogP contribution in [0, 0.1) is 0 Å². The summed E-state index contributed by atoms with van der Waals surface area (Å²) in [6, 6.07) is 12.7. The molecule has 2 rings (SSSR count). The van der Waals surface area contributed by atoms with Gasteiger partial charge in [-0.25, -0.2) is 0 Å². The van der Waals surface area contributed by atoms with Gasteiger partial charge in [0.05, 0.1) is 12.8 Å².